The van der Waals surface area contributed by atoms with Gasteiger partial charge in [-0.3, -0.25) is 0 Å². The molecule has 1 aliphatic rings. The minimum Gasteiger partial charge on any atom is -0.457 e. The number of carbonyl (C=O) groups is 1. The number of hydrogen-bond acceptors (Lipinski definition) is 5. The third-order valence-electron chi connectivity index (χ3n) is 3.94. The minimum absolute atomic E-state index is 0.0662. The molecular formula is C18H30O5. The lowest BCUT2D eigenvalue weighted by Crippen LogP contribution is -2.42. The second-order valence-corrected chi connectivity index (χ2v) is 6.78. The second kappa shape index (κ2) is 9.08. The van der Waals surface area contributed by atoms with Gasteiger partial charge in [0, 0.05) is 19.1 Å². The molecule has 5 nitrogen and oxygen atoms in total. The summed E-state index contributed by atoms with van der Waals surface area (Å²) >= 11 is 0. The first-order valence-corrected chi connectivity index (χ1v) is 8.24. The summed E-state index contributed by atoms with van der Waals surface area (Å²) in [5, 5.41) is 9.16. The molecule has 0 saturated carbocycles. The van der Waals surface area contributed by atoms with E-state index in [-0.39, 0.29) is 36.2 Å². The van der Waals surface area contributed by atoms with Gasteiger partial charge in [0.15, 0.2) is 0 Å². The Balaban J connectivity index is 3.07. The molecule has 132 valence electrons. The Kier molecular flexibility index (Phi) is 7.79. The second-order valence-electron chi connectivity index (χ2n) is 6.78. The first-order chi connectivity index (χ1) is 10.8. The average Bonchev–Trinajstić information content (AvgIpc) is 2.50. The van der Waals surface area contributed by atoms with E-state index in [9.17, 15) is 4.79 Å². The number of rotatable bonds is 8. The van der Waals surface area contributed by atoms with Gasteiger partial charge in [-0.15, -0.1) is 0 Å². The largest absolute Gasteiger partial charge is 0.457 e. The van der Waals surface area contributed by atoms with Crippen LogP contribution in [0.3, 0.4) is 0 Å². The zero-order valence-corrected chi connectivity index (χ0v) is 14.7. The smallest absolute Gasteiger partial charge is 0.373 e. The lowest BCUT2D eigenvalue weighted by Gasteiger charge is -2.42. The normalized spacial score (nSPS) is 24.6. The first kappa shape index (κ1) is 19.7. The van der Waals surface area contributed by atoms with E-state index in [2.05, 4.69) is 27.4 Å². The third-order valence-corrected chi connectivity index (χ3v) is 3.94. The molecule has 0 aliphatic carbocycles. The molecular weight excluding hydrogens is 296 g/mol. The molecule has 0 spiro atoms. The van der Waals surface area contributed by atoms with Gasteiger partial charge in [0.05, 0.1) is 0 Å². The van der Waals surface area contributed by atoms with E-state index in [1.54, 1.807) is 0 Å². The van der Waals surface area contributed by atoms with Crippen molar-refractivity contribution in [3.63, 3.8) is 0 Å². The summed E-state index contributed by atoms with van der Waals surface area (Å²) in [6, 6.07) is 0. The van der Waals surface area contributed by atoms with E-state index < -0.39 is 12.3 Å². The molecule has 0 bridgehead atoms. The number of hydrogen-bond donors (Lipinski definition) is 1. The van der Waals surface area contributed by atoms with Crippen LogP contribution in [0.2, 0.25) is 0 Å². The number of ether oxygens (including phenoxy) is 3. The molecule has 0 saturated heterocycles. The first-order valence-electron chi connectivity index (χ1n) is 8.24. The van der Waals surface area contributed by atoms with E-state index in [4.69, 9.17) is 19.3 Å². The van der Waals surface area contributed by atoms with E-state index in [1.165, 1.54) is 6.08 Å². The Morgan fingerprint density at radius 2 is 2.17 bits per heavy atom. The van der Waals surface area contributed by atoms with Crippen LogP contribution in [0.4, 0.5) is 0 Å². The quantitative estimate of drug-likeness (QED) is 0.548. The van der Waals surface area contributed by atoms with Gasteiger partial charge in [0.2, 0.25) is 12.0 Å². The Morgan fingerprint density at radius 1 is 1.48 bits per heavy atom. The van der Waals surface area contributed by atoms with Crippen LogP contribution in [-0.2, 0) is 19.0 Å². The van der Waals surface area contributed by atoms with Gasteiger partial charge in [-0.05, 0) is 37.2 Å². The van der Waals surface area contributed by atoms with Crippen molar-refractivity contribution >= 4 is 5.97 Å². The van der Waals surface area contributed by atoms with Crippen LogP contribution in [0.15, 0.2) is 24.5 Å². The van der Waals surface area contributed by atoms with Crippen molar-refractivity contribution in [1.82, 2.24) is 0 Å². The van der Waals surface area contributed by atoms with E-state index in [0.717, 1.165) is 6.42 Å². The van der Waals surface area contributed by atoms with E-state index in [0.29, 0.717) is 13.0 Å². The van der Waals surface area contributed by atoms with Gasteiger partial charge in [0.1, 0.15) is 6.61 Å². The molecule has 3 atom stereocenters. The molecule has 5 heteroatoms. The highest BCUT2D eigenvalue weighted by molar-refractivity contribution is 5.86. The van der Waals surface area contributed by atoms with Crippen LogP contribution in [0, 0.1) is 17.3 Å². The van der Waals surface area contributed by atoms with E-state index in [1.807, 2.05) is 13.0 Å². The molecule has 0 unspecified atom stereocenters. The Morgan fingerprint density at radius 3 is 2.70 bits per heavy atom. The van der Waals surface area contributed by atoms with Crippen LogP contribution < -0.4 is 0 Å². The van der Waals surface area contributed by atoms with Gasteiger partial charge in [-0.2, -0.15) is 0 Å². The predicted octanol–water partition coefficient (Wildman–Crippen LogP) is 3.04. The molecule has 0 aromatic carbocycles. The lowest BCUT2D eigenvalue weighted by molar-refractivity contribution is -0.186. The fourth-order valence-electron chi connectivity index (χ4n) is 2.89. The maximum absolute atomic E-state index is 12.1. The van der Waals surface area contributed by atoms with Crippen LogP contribution >= 0.6 is 0 Å². The van der Waals surface area contributed by atoms with Crippen LogP contribution in [0.5, 0.6) is 0 Å². The average molecular weight is 326 g/mol. The number of aliphatic hydroxyl groups is 1. The van der Waals surface area contributed by atoms with Crippen molar-refractivity contribution in [3.05, 3.63) is 24.5 Å². The van der Waals surface area contributed by atoms with Crippen molar-refractivity contribution in [2.75, 3.05) is 19.8 Å². The zero-order valence-electron chi connectivity index (χ0n) is 14.7. The molecule has 0 fully saturated rings. The van der Waals surface area contributed by atoms with Crippen molar-refractivity contribution in [2.24, 2.45) is 17.3 Å². The SMILES string of the molecule is C=CCOC(=O)C1=C[C@H](C(C)(C)C)[C@@H](CCCO)[C@H](OCC)O1. The summed E-state index contributed by atoms with van der Waals surface area (Å²) in [7, 11) is 0. The van der Waals surface area contributed by atoms with Gasteiger partial charge >= 0.3 is 5.97 Å². The van der Waals surface area contributed by atoms with Gasteiger partial charge in [-0.25, -0.2) is 4.79 Å². The van der Waals surface area contributed by atoms with Crippen LogP contribution in [0.1, 0.15) is 40.5 Å². The highest BCUT2D eigenvalue weighted by Crippen LogP contribution is 2.42. The molecule has 0 aromatic rings. The van der Waals surface area contributed by atoms with Gasteiger partial charge < -0.3 is 19.3 Å². The fraction of sp³-hybridized carbons (Fsp3) is 0.722. The topological polar surface area (TPSA) is 65.0 Å². The van der Waals surface area contributed by atoms with Crippen LogP contribution in [-0.4, -0.2) is 37.2 Å². The maximum Gasteiger partial charge on any atom is 0.373 e. The molecule has 0 radical (unpaired) electrons. The molecule has 23 heavy (non-hydrogen) atoms. The lowest BCUT2D eigenvalue weighted by atomic mass is 9.70. The van der Waals surface area contributed by atoms with Crippen molar-refractivity contribution in [3.8, 4) is 0 Å². The number of allylic oxidation sites excluding steroid dienone is 1. The highest BCUT2D eigenvalue weighted by Gasteiger charge is 2.42. The highest BCUT2D eigenvalue weighted by atomic mass is 16.7. The monoisotopic (exact) mass is 326 g/mol. The Hall–Kier alpha value is -1.33. The molecule has 1 aliphatic heterocycles. The van der Waals surface area contributed by atoms with Crippen molar-refractivity contribution in [1.29, 1.82) is 0 Å². The minimum atomic E-state index is -0.507. The van der Waals surface area contributed by atoms with Gasteiger partial charge in [0.25, 0.3) is 0 Å². The summed E-state index contributed by atoms with van der Waals surface area (Å²) in [6.07, 6.45) is 4.31. The summed E-state index contributed by atoms with van der Waals surface area (Å²) in [5.41, 5.74) is -0.0662. The number of esters is 1. The van der Waals surface area contributed by atoms with Crippen LogP contribution in [0.25, 0.3) is 0 Å². The summed E-state index contributed by atoms with van der Waals surface area (Å²) in [4.78, 5) is 12.1. The standard InChI is InChI=1S/C18H30O5/c1-6-11-22-16(20)15-12-14(18(3,4)5)13(9-8-10-19)17(23-15)21-7-2/h6,12-14,17,19H,1,7-11H2,2-5H3/t13-,14+,17-/m1/s1. The predicted molar refractivity (Wildman–Crippen MR) is 88.5 cm³/mol. The molecule has 1 rings (SSSR count). The van der Waals surface area contributed by atoms with Gasteiger partial charge in [-0.1, -0.05) is 33.4 Å². The van der Waals surface area contributed by atoms with Crippen molar-refractivity contribution < 1.29 is 24.1 Å². The molecule has 0 amide bonds. The Bertz CT molecular complexity index is 422. The fourth-order valence-corrected chi connectivity index (χ4v) is 2.89. The zero-order chi connectivity index (χ0) is 17.5. The number of aliphatic hydroxyl groups excluding tert-OH is 1. The molecule has 0 aromatic heterocycles. The number of carbonyl (C=O) groups excluding carboxylic acids is 1. The molecule has 1 heterocycles. The van der Waals surface area contributed by atoms with Crippen molar-refractivity contribution in [2.45, 2.75) is 46.8 Å². The van der Waals surface area contributed by atoms with E-state index >= 15 is 0 Å². The summed E-state index contributed by atoms with van der Waals surface area (Å²) in [6.45, 7) is 12.6. The third kappa shape index (κ3) is 5.66. The summed E-state index contributed by atoms with van der Waals surface area (Å²) in [5.74, 6) is -0.126. The Labute approximate surface area is 139 Å². The summed E-state index contributed by atoms with van der Waals surface area (Å²) < 4.78 is 16.6. The molecule has 1 N–H and O–H groups in total. The maximum atomic E-state index is 12.1.